The second-order valence-electron chi connectivity index (χ2n) is 6.12. The number of fused-ring (bicyclic) bond motifs is 3. The number of halogens is 1. The Labute approximate surface area is 131 Å². The lowest BCUT2D eigenvalue weighted by molar-refractivity contribution is -0.153. The second-order valence-corrected chi connectivity index (χ2v) is 7.04. The van der Waals surface area contributed by atoms with E-state index in [1.165, 1.54) is 4.90 Å². The second kappa shape index (κ2) is 4.83. The molecule has 2 bridgehead atoms. The van der Waals surface area contributed by atoms with Gasteiger partial charge in [0.25, 0.3) is 0 Å². The third-order valence-electron chi connectivity index (χ3n) is 4.82. The molecule has 1 saturated carbocycles. The van der Waals surface area contributed by atoms with E-state index in [4.69, 9.17) is 4.74 Å². The highest BCUT2D eigenvalue weighted by Crippen LogP contribution is 2.40. The van der Waals surface area contributed by atoms with Crippen molar-refractivity contribution in [1.82, 2.24) is 4.90 Å². The molecule has 3 aliphatic rings. The first-order valence-corrected chi connectivity index (χ1v) is 8.22. The number of imide groups is 1. The summed E-state index contributed by atoms with van der Waals surface area (Å²) >= 11 is 3.50. The van der Waals surface area contributed by atoms with Crippen molar-refractivity contribution >= 4 is 27.7 Å². The van der Waals surface area contributed by atoms with Crippen LogP contribution in [0.2, 0.25) is 0 Å². The molecule has 2 heterocycles. The van der Waals surface area contributed by atoms with Crippen molar-refractivity contribution in [2.45, 2.75) is 32.2 Å². The zero-order valence-electron chi connectivity index (χ0n) is 11.6. The first-order valence-electron chi connectivity index (χ1n) is 7.43. The van der Waals surface area contributed by atoms with E-state index in [1.54, 1.807) is 0 Å². The van der Waals surface area contributed by atoms with Crippen molar-refractivity contribution in [3.05, 3.63) is 27.7 Å². The summed E-state index contributed by atoms with van der Waals surface area (Å²) in [6, 6.07) is 4.01. The fourth-order valence-corrected chi connectivity index (χ4v) is 4.32. The van der Waals surface area contributed by atoms with Gasteiger partial charge in [-0.15, -0.1) is 0 Å². The molecule has 0 spiro atoms. The number of benzene rings is 1. The van der Waals surface area contributed by atoms with Gasteiger partial charge < -0.3 is 4.74 Å². The normalized spacial score (nSPS) is 27.0. The fraction of sp³-hybridized carbons (Fsp3) is 0.500. The summed E-state index contributed by atoms with van der Waals surface area (Å²) in [7, 11) is 0. The summed E-state index contributed by atoms with van der Waals surface area (Å²) < 4.78 is 6.67. The standard InChI is InChI=1S/C16H16BrNO3/c17-13-6-9-3-4-21-14(9)12(7-13)8-18-15(19)10-1-2-11(5-10)16(18)20/h6-7,10-11H,1-5,8H2. The summed E-state index contributed by atoms with van der Waals surface area (Å²) in [6.45, 7) is 1.01. The molecule has 0 radical (unpaired) electrons. The average molecular weight is 350 g/mol. The number of carbonyl (C=O) groups excluding carboxylic acids is 2. The van der Waals surface area contributed by atoms with Gasteiger partial charge in [-0.05, 0) is 37.0 Å². The number of hydrogen-bond acceptors (Lipinski definition) is 3. The molecule has 110 valence electrons. The Morgan fingerprint density at radius 2 is 1.90 bits per heavy atom. The van der Waals surface area contributed by atoms with Crippen molar-refractivity contribution in [3.8, 4) is 5.75 Å². The summed E-state index contributed by atoms with van der Waals surface area (Å²) in [5.41, 5.74) is 2.08. The van der Waals surface area contributed by atoms with Crippen LogP contribution in [0.3, 0.4) is 0 Å². The Morgan fingerprint density at radius 1 is 1.19 bits per heavy atom. The van der Waals surface area contributed by atoms with Crippen LogP contribution in [0.15, 0.2) is 16.6 Å². The zero-order valence-corrected chi connectivity index (χ0v) is 13.2. The number of hydrogen-bond donors (Lipinski definition) is 0. The van der Waals surface area contributed by atoms with E-state index < -0.39 is 0 Å². The van der Waals surface area contributed by atoms with E-state index in [1.807, 2.05) is 6.07 Å². The molecule has 2 aliphatic heterocycles. The van der Waals surface area contributed by atoms with Crippen LogP contribution in [0.25, 0.3) is 0 Å². The van der Waals surface area contributed by atoms with E-state index in [-0.39, 0.29) is 23.7 Å². The van der Waals surface area contributed by atoms with Gasteiger partial charge in [0, 0.05) is 28.3 Å². The Bertz CT molecular complexity index is 621. The predicted molar refractivity (Wildman–Crippen MR) is 79.7 cm³/mol. The molecule has 0 aromatic heterocycles. The first kappa shape index (κ1) is 13.3. The minimum absolute atomic E-state index is 0.000437. The summed E-state index contributed by atoms with van der Waals surface area (Å²) in [6.07, 6.45) is 3.35. The smallest absolute Gasteiger partial charge is 0.232 e. The van der Waals surface area contributed by atoms with Gasteiger partial charge in [-0.25, -0.2) is 0 Å². The molecule has 4 nitrogen and oxygen atoms in total. The number of piperidine rings is 1. The highest BCUT2D eigenvalue weighted by molar-refractivity contribution is 9.10. The van der Waals surface area contributed by atoms with E-state index >= 15 is 0 Å². The minimum atomic E-state index is 0.000437. The Hall–Kier alpha value is -1.36. The van der Waals surface area contributed by atoms with Crippen molar-refractivity contribution in [1.29, 1.82) is 0 Å². The third kappa shape index (κ3) is 2.09. The third-order valence-corrected chi connectivity index (χ3v) is 5.27. The molecule has 21 heavy (non-hydrogen) atoms. The molecule has 0 N–H and O–H groups in total. The van der Waals surface area contributed by atoms with Crippen molar-refractivity contribution < 1.29 is 14.3 Å². The van der Waals surface area contributed by atoms with Gasteiger partial charge in [-0.2, -0.15) is 0 Å². The lowest BCUT2D eigenvalue weighted by atomic mass is 9.96. The van der Waals surface area contributed by atoms with Crippen LogP contribution < -0.4 is 4.74 Å². The van der Waals surface area contributed by atoms with Gasteiger partial charge >= 0.3 is 0 Å². The fourth-order valence-electron chi connectivity index (χ4n) is 3.77. The van der Waals surface area contributed by atoms with Gasteiger partial charge in [-0.3, -0.25) is 14.5 Å². The van der Waals surface area contributed by atoms with Crippen LogP contribution in [-0.4, -0.2) is 23.3 Å². The van der Waals surface area contributed by atoms with Crippen LogP contribution in [0, 0.1) is 11.8 Å². The number of likely N-dealkylation sites (tertiary alicyclic amines) is 1. The summed E-state index contributed by atoms with van der Waals surface area (Å²) in [4.78, 5) is 26.3. The maximum absolute atomic E-state index is 12.4. The topological polar surface area (TPSA) is 46.6 Å². The molecule has 1 saturated heterocycles. The molecule has 1 aromatic rings. The van der Waals surface area contributed by atoms with Crippen LogP contribution in [0.5, 0.6) is 5.75 Å². The average Bonchev–Trinajstić information content (AvgIpc) is 3.08. The summed E-state index contributed by atoms with van der Waals surface area (Å²) in [5, 5.41) is 0. The van der Waals surface area contributed by atoms with Crippen LogP contribution >= 0.6 is 15.9 Å². The number of carbonyl (C=O) groups is 2. The van der Waals surface area contributed by atoms with E-state index in [9.17, 15) is 9.59 Å². The molecule has 2 fully saturated rings. The zero-order chi connectivity index (χ0) is 14.6. The maximum atomic E-state index is 12.4. The molecule has 2 amide bonds. The van der Waals surface area contributed by atoms with Gasteiger partial charge in [0.1, 0.15) is 5.75 Å². The lowest BCUT2D eigenvalue weighted by Gasteiger charge is -2.30. The van der Waals surface area contributed by atoms with Gasteiger partial charge in [0.2, 0.25) is 11.8 Å². The van der Waals surface area contributed by atoms with Crippen molar-refractivity contribution in [3.63, 3.8) is 0 Å². The monoisotopic (exact) mass is 349 g/mol. The highest BCUT2D eigenvalue weighted by atomic mass is 79.9. The predicted octanol–water partition coefficient (Wildman–Crippen LogP) is 2.67. The molecular formula is C16H16BrNO3. The molecule has 2 unspecified atom stereocenters. The van der Waals surface area contributed by atoms with Crippen molar-refractivity contribution in [2.75, 3.05) is 6.61 Å². The Balaban J connectivity index is 1.67. The van der Waals surface area contributed by atoms with Gasteiger partial charge in [-0.1, -0.05) is 15.9 Å². The quantitative estimate of drug-likeness (QED) is 0.771. The molecule has 1 aromatic carbocycles. The van der Waals surface area contributed by atoms with E-state index in [0.717, 1.165) is 47.0 Å². The molecular weight excluding hydrogens is 334 g/mol. The number of rotatable bonds is 2. The molecule has 1 aliphatic carbocycles. The number of nitrogens with zero attached hydrogens (tertiary/aromatic N) is 1. The molecule has 2 atom stereocenters. The SMILES string of the molecule is O=C1C2CCC(C2)C(=O)N1Cc1cc(Br)cc2c1OCC2. The minimum Gasteiger partial charge on any atom is -0.493 e. The largest absolute Gasteiger partial charge is 0.493 e. The van der Waals surface area contributed by atoms with Crippen molar-refractivity contribution in [2.24, 2.45) is 11.8 Å². The summed E-state index contributed by atoms with van der Waals surface area (Å²) in [5.74, 6) is 0.959. The van der Waals surface area contributed by atoms with Crippen LogP contribution in [-0.2, 0) is 22.6 Å². The van der Waals surface area contributed by atoms with E-state index in [0.29, 0.717) is 13.2 Å². The Kier molecular flexibility index (Phi) is 3.06. The first-order chi connectivity index (χ1) is 10.1. The van der Waals surface area contributed by atoms with Gasteiger partial charge in [0.05, 0.1) is 13.2 Å². The Morgan fingerprint density at radius 3 is 2.62 bits per heavy atom. The van der Waals surface area contributed by atoms with Crippen LogP contribution in [0.4, 0.5) is 0 Å². The number of amides is 2. The van der Waals surface area contributed by atoms with Gasteiger partial charge in [0.15, 0.2) is 0 Å². The highest BCUT2D eigenvalue weighted by Gasteiger charge is 2.45. The van der Waals surface area contributed by atoms with E-state index in [2.05, 4.69) is 22.0 Å². The lowest BCUT2D eigenvalue weighted by Crippen LogP contribution is -2.45. The molecule has 4 rings (SSSR count). The molecule has 5 heteroatoms. The number of ether oxygens (including phenoxy) is 1. The van der Waals surface area contributed by atoms with Crippen LogP contribution in [0.1, 0.15) is 30.4 Å². The maximum Gasteiger partial charge on any atom is 0.232 e.